The molecule has 0 aromatic heterocycles. The van der Waals surface area contributed by atoms with E-state index in [4.69, 9.17) is 0 Å². The van der Waals surface area contributed by atoms with Crippen molar-refractivity contribution in [3.63, 3.8) is 0 Å². The molecule has 0 atom stereocenters. The van der Waals surface area contributed by atoms with Gasteiger partial charge in [0.05, 0.1) is 0 Å². The van der Waals surface area contributed by atoms with Gasteiger partial charge in [0.15, 0.2) is 0 Å². The van der Waals surface area contributed by atoms with E-state index in [1.165, 1.54) is 0 Å². The third kappa shape index (κ3) is 3.95. The lowest BCUT2D eigenvalue weighted by molar-refractivity contribution is -0.120. The summed E-state index contributed by atoms with van der Waals surface area (Å²) in [6, 6.07) is 0. The van der Waals surface area contributed by atoms with E-state index in [9.17, 15) is 4.79 Å². The summed E-state index contributed by atoms with van der Waals surface area (Å²) in [5.74, 6) is 0.140. The highest BCUT2D eigenvalue weighted by molar-refractivity contribution is 5.76. The van der Waals surface area contributed by atoms with Crippen molar-refractivity contribution >= 4 is 5.91 Å². The molecule has 0 aromatic rings. The van der Waals surface area contributed by atoms with Crippen molar-refractivity contribution in [1.82, 2.24) is 16.0 Å². The summed E-state index contributed by atoms with van der Waals surface area (Å²) in [6.45, 7) is 4.34. The molecule has 1 heterocycles. The zero-order chi connectivity index (χ0) is 7.94. The molecule has 0 saturated carbocycles. The predicted molar refractivity (Wildman–Crippen MR) is 43.4 cm³/mol. The lowest BCUT2D eigenvalue weighted by atomic mass is 10.3. The molecule has 1 saturated heterocycles. The van der Waals surface area contributed by atoms with Crippen LogP contribution in [0.1, 0.15) is 6.42 Å². The topological polar surface area (TPSA) is 53.2 Å². The van der Waals surface area contributed by atoms with Crippen LogP contribution in [0.4, 0.5) is 0 Å². The maximum Gasteiger partial charge on any atom is 0.221 e. The Morgan fingerprint density at radius 1 is 0.909 bits per heavy atom. The van der Waals surface area contributed by atoms with Gasteiger partial charge in [-0.15, -0.1) is 0 Å². The third-order valence-electron chi connectivity index (χ3n) is 1.63. The summed E-state index contributed by atoms with van der Waals surface area (Å²) in [5, 5.41) is 9.17. The minimum Gasteiger partial charge on any atom is -0.355 e. The molecular weight excluding hydrogens is 142 g/mol. The van der Waals surface area contributed by atoms with Crippen LogP contribution in [0.2, 0.25) is 0 Å². The summed E-state index contributed by atoms with van der Waals surface area (Å²) in [5.41, 5.74) is 0. The molecule has 1 amide bonds. The Labute approximate surface area is 66.7 Å². The lowest BCUT2D eigenvalue weighted by Gasteiger charge is -2.10. The average molecular weight is 157 g/mol. The summed E-state index contributed by atoms with van der Waals surface area (Å²) >= 11 is 0. The first kappa shape index (κ1) is 8.49. The Balaban J connectivity index is 2.17. The van der Waals surface area contributed by atoms with Gasteiger partial charge >= 0.3 is 0 Å². The molecule has 0 spiro atoms. The van der Waals surface area contributed by atoms with Crippen LogP contribution in [0.15, 0.2) is 0 Å². The van der Waals surface area contributed by atoms with Gasteiger partial charge in [-0.25, -0.2) is 0 Å². The van der Waals surface area contributed by atoms with E-state index in [2.05, 4.69) is 16.0 Å². The van der Waals surface area contributed by atoms with E-state index in [-0.39, 0.29) is 5.91 Å². The second-order valence-corrected chi connectivity index (χ2v) is 2.60. The number of nitrogens with one attached hydrogen (secondary N) is 3. The van der Waals surface area contributed by atoms with Crippen molar-refractivity contribution in [2.75, 3.05) is 32.7 Å². The number of amides is 1. The van der Waals surface area contributed by atoms with Crippen LogP contribution in [-0.2, 0) is 4.79 Å². The zero-order valence-electron chi connectivity index (χ0n) is 6.65. The van der Waals surface area contributed by atoms with Gasteiger partial charge in [-0.05, 0) is 0 Å². The van der Waals surface area contributed by atoms with Crippen molar-refractivity contribution in [1.29, 1.82) is 0 Å². The molecular formula is C7H15N3O. The first-order chi connectivity index (χ1) is 5.39. The van der Waals surface area contributed by atoms with Gasteiger partial charge in [0.2, 0.25) is 5.91 Å². The van der Waals surface area contributed by atoms with E-state index in [0.717, 1.165) is 32.7 Å². The molecule has 1 aliphatic heterocycles. The zero-order valence-corrected chi connectivity index (χ0v) is 6.65. The van der Waals surface area contributed by atoms with Crippen LogP contribution in [0.5, 0.6) is 0 Å². The first-order valence-corrected chi connectivity index (χ1v) is 4.08. The molecule has 0 bridgehead atoms. The highest BCUT2D eigenvalue weighted by atomic mass is 16.1. The number of carbonyl (C=O) groups is 1. The van der Waals surface area contributed by atoms with E-state index < -0.39 is 0 Å². The molecule has 0 aromatic carbocycles. The van der Waals surface area contributed by atoms with Crippen LogP contribution < -0.4 is 16.0 Å². The fraction of sp³-hybridized carbons (Fsp3) is 0.857. The largest absolute Gasteiger partial charge is 0.355 e. The molecule has 11 heavy (non-hydrogen) atoms. The fourth-order valence-electron chi connectivity index (χ4n) is 1.01. The van der Waals surface area contributed by atoms with Crippen molar-refractivity contribution < 1.29 is 4.79 Å². The number of carbonyl (C=O) groups excluding carboxylic acids is 1. The van der Waals surface area contributed by atoms with Crippen LogP contribution in [0.25, 0.3) is 0 Å². The Morgan fingerprint density at radius 2 is 1.55 bits per heavy atom. The second kappa shape index (κ2) is 5.09. The molecule has 4 heteroatoms. The van der Waals surface area contributed by atoms with Gasteiger partial charge in [0.1, 0.15) is 0 Å². The Bertz CT molecular complexity index is 115. The van der Waals surface area contributed by atoms with Gasteiger partial charge < -0.3 is 16.0 Å². The average Bonchev–Trinajstić information content (AvgIpc) is 2.03. The highest BCUT2D eigenvalue weighted by Gasteiger charge is 2.00. The van der Waals surface area contributed by atoms with Crippen molar-refractivity contribution in [3.8, 4) is 0 Å². The minimum atomic E-state index is 0.140. The summed E-state index contributed by atoms with van der Waals surface area (Å²) < 4.78 is 0. The molecule has 0 radical (unpaired) electrons. The normalized spacial score (nSPS) is 22.4. The van der Waals surface area contributed by atoms with Crippen LogP contribution in [0, 0.1) is 0 Å². The van der Waals surface area contributed by atoms with Crippen molar-refractivity contribution in [2.45, 2.75) is 6.42 Å². The van der Waals surface area contributed by atoms with Crippen LogP contribution in [-0.4, -0.2) is 38.6 Å². The maximum atomic E-state index is 10.9. The quantitative estimate of drug-likeness (QED) is 0.409. The van der Waals surface area contributed by atoms with Gasteiger partial charge in [-0.1, -0.05) is 0 Å². The molecule has 1 aliphatic rings. The summed E-state index contributed by atoms with van der Waals surface area (Å²) in [6.07, 6.45) is 0.597. The maximum absolute atomic E-state index is 10.9. The van der Waals surface area contributed by atoms with Gasteiger partial charge in [-0.2, -0.15) is 0 Å². The smallest absolute Gasteiger partial charge is 0.221 e. The monoisotopic (exact) mass is 157 g/mol. The number of hydrogen-bond acceptors (Lipinski definition) is 3. The number of rotatable bonds is 0. The Hall–Kier alpha value is -0.610. The molecule has 0 unspecified atom stereocenters. The van der Waals surface area contributed by atoms with Crippen molar-refractivity contribution in [2.24, 2.45) is 0 Å². The number of hydrogen-bond donors (Lipinski definition) is 3. The summed E-state index contributed by atoms with van der Waals surface area (Å²) in [7, 11) is 0. The fourth-order valence-corrected chi connectivity index (χ4v) is 1.01. The van der Waals surface area contributed by atoms with E-state index >= 15 is 0 Å². The highest BCUT2D eigenvalue weighted by Crippen LogP contribution is 1.77. The standard InChI is InChI=1S/C7H15N3O/c11-7-1-2-8-3-4-9-5-6-10-7/h8-9H,1-6H2,(H,10,11). The molecule has 0 aliphatic carbocycles. The predicted octanol–water partition coefficient (Wildman–Crippen LogP) is -1.31. The Morgan fingerprint density at radius 3 is 2.36 bits per heavy atom. The van der Waals surface area contributed by atoms with Gasteiger partial charge in [0.25, 0.3) is 0 Å². The summed E-state index contributed by atoms with van der Waals surface area (Å²) in [4.78, 5) is 10.9. The minimum absolute atomic E-state index is 0.140. The lowest BCUT2D eigenvalue weighted by Crippen LogP contribution is -2.38. The van der Waals surface area contributed by atoms with Crippen molar-refractivity contribution in [3.05, 3.63) is 0 Å². The van der Waals surface area contributed by atoms with Gasteiger partial charge in [0, 0.05) is 39.1 Å². The third-order valence-corrected chi connectivity index (χ3v) is 1.63. The van der Waals surface area contributed by atoms with E-state index in [1.807, 2.05) is 0 Å². The molecule has 64 valence electrons. The van der Waals surface area contributed by atoms with E-state index in [0.29, 0.717) is 6.42 Å². The first-order valence-electron chi connectivity index (χ1n) is 4.08. The second-order valence-electron chi connectivity index (χ2n) is 2.60. The van der Waals surface area contributed by atoms with Crippen LogP contribution >= 0.6 is 0 Å². The van der Waals surface area contributed by atoms with Crippen LogP contribution in [0.3, 0.4) is 0 Å². The molecule has 4 nitrogen and oxygen atoms in total. The molecule has 3 N–H and O–H groups in total. The molecule has 1 rings (SSSR count). The Kier molecular flexibility index (Phi) is 3.93. The molecule has 1 fully saturated rings. The SMILES string of the molecule is O=C1CCNCCNCCN1. The van der Waals surface area contributed by atoms with Gasteiger partial charge in [-0.3, -0.25) is 4.79 Å². The van der Waals surface area contributed by atoms with E-state index in [1.54, 1.807) is 0 Å².